The van der Waals surface area contributed by atoms with Crippen molar-refractivity contribution in [3.63, 3.8) is 0 Å². The van der Waals surface area contributed by atoms with Crippen LogP contribution in [0, 0.1) is 12.8 Å². The normalized spacial score (nSPS) is 23.5. The van der Waals surface area contributed by atoms with Crippen LogP contribution in [-0.4, -0.2) is 42.3 Å². The van der Waals surface area contributed by atoms with Gasteiger partial charge in [0.15, 0.2) is 0 Å². The number of anilines is 2. The van der Waals surface area contributed by atoms with Crippen LogP contribution in [0.2, 0.25) is 0 Å². The molecule has 1 aromatic rings. The fourth-order valence-electron chi connectivity index (χ4n) is 3.02. The maximum absolute atomic E-state index is 5.65. The Hall–Kier alpha value is -1.36. The highest BCUT2D eigenvalue weighted by molar-refractivity contribution is 5.44. The van der Waals surface area contributed by atoms with Gasteiger partial charge in [0.2, 0.25) is 5.95 Å². The maximum Gasteiger partial charge on any atom is 0.227 e. The van der Waals surface area contributed by atoms with E-state index in [0.717, 1.165) is 56.0 Å². The molecular weight excluding hydrogens is 264 g/mol. The smallest absolute Gasteiger partial charge is 0.227 e. The number of aryl methyl sites for hydroxylation is 1. The van der Waals surface area contributed by atoms with Gasteiger partial charge in [0.05, 0.1) is 6.10 Å². The average molecular weight is 290 g/mol. The summed E-state index contributed by atoms with van der Waals surface area (Å²) < 4.78 is 5.65. The van der Waals surface area contributed by atoms with Gasteiger partial charge in [-0.25, -0.2) is 4.98 Å². The molecule has 5 heteroatoms. The summed E-state index contributed by atoms with van der Waals surface area (Å²) in [5.41, 5.74) is 1.02. The fourth-order valence-corrected chi connectivity index (χ4v) is 3.02. The Morgan fingerprint density at radius 3 is 2.81 bits per heavy atom. The second kappa shape index (κ2) is 6.60. The lowest BCUT2D eigenvalue weighted by Crippen LogP contribution is -2.34. The first-order valence-corrected chi connectivity index (χ1v) is 8.17. The van der Waals surface area contributed by atoms with Gasteiger partial charge >= 0.3 is 0 Å². The van der Waals surface area contributed by atoms with Crippen LogP contribution < -0.4 is 10.2 Å². The third-order valence-corrected chi connectivity index (χ3v) is 4.44. The zero-order chi connectivity index (χ0) is 14.7. The lowest BCUT2D eigenvalue weighted by molar-refractivity contribution is 0.120. The average Bonchev–Trinajstić information content (AvgIpc) is 2.99. The lowest BCUT2D eigenvalue weighted by atomic mass is 10.00. The summed E-state index contributed by atoms with van der Waals surface area (Å²) in [5, 5.41) is 3.41. The number of nitrogens with one attached hydrogen (secondary N) is 1. The molecule has 0 amide bonds. The molecule has 3 rings (SSSR count). The Labute approximate surface area is 127 Å². The number of nitrogens with zero attached hydrogens (tertiary/aromatic N) is 3. The number of hydrogen-bond acceptors (Lipinski definition) is 5. The molecule has 0 aliphatic carbocycles. The second-order valence-electron chi connectivity index (χ2n) is 6.38. The van der Waals surface area contributed by atoms with E-state index in [4.69, 9.17) is 9.72 Å². The molecule has 0 radical (unpaired) electrons. The molecule has 1 atom stereocenters. The van der Waals surface area contributed by atoms with E-state index in [-0.39, 0.29) is 0 Å². The largest absolute Gasteiger partial charge is 0.376 e. The Kier molecular flexibility index (Phi) is 4.58. The van der Waals surface area contributed by atoms with Gasteiger partial charge in [-0.05, 0) is 38.5 Å². The number of piperidine rings is 1. The molecule has 2 aliphatic heterocycles. The van der Waals surface area contributed by atoms with Crippen LogP contribution in [-0.2, 0) is 4.74 Å². The van der Waals surface area contributed by atoms with E-state index in [1.807, 2.05) is 13.0 Å². The Morgan fingerprint density at radius 1 is 1.29 bits per heavy atom. The van der Waals surface area contributed by atoms with Gasteiger partial charge in [-0.1, -0.05) is 6.92 Å². The van der Waals surface area contributed by atoms with Crippen LogP contribution in [0.4, 0.5) is 11.8 Å². The molecule has 1 aromatic heterocycles. The molecular formula is C16H26N4O. The Morgan fingerprint density at radius 2 is 2.10 bits per heavy atom. The standard InChI is InChI=1S/C16H26N4O/c1-12-5-7-20(8-6-12)16-18-13(2)10-15(19-16)17-11-14-4-3-9-21-14/h10,12,14H,3-9,11H2,1-2H3,(H,17,18,19). The zero-order valence-electron chi connectivity index (χ0n) is 13.1. The minimum atomic E-state index is 0.333. The minimum Gasteiger partial charge on any atom is -0.376 e. The molecule has 0 aromatic carbocycles. The van der Waals surface area contributed by atoms with Crippen molar-refractivity contribution in [2.24, 2.45) is 5.92 Å². The predicted molar refractivity (Wildman–Crippen MR) is 84.8 cm³/mol. The van der Waals surface area contributed by atoms with Gasteiger partial charge in [0, 0.05) is 38.0 Å². The predicted octanol–water partition coefficient (Wildman–Crippen LogP) is 2.61. The fraction of sp³-hybridized carbons (Fsp3) is 0.750. The van der Waals surface area contributed by atoms with E-state index in [1.54, 1.807) is 0 Å². The molecule has 116 valence electrons. The molecule has 0 spiro atoms. The molecule has 0 saturated carbocycles. The summed E-state index contributed by atoms with van der Waals surface area (Å²) in [5.74, 6) is 2.62. The van der Waals surface area contributed by atoms with Gasteiger partial charge in [-0.2, -0.15) is 4.98 Å². The van der Waals surface area contributed by atoms with E-state index < -0.39 is 0 Å². The summed E-state index contributed by atoms with van der Waals surface area (Å²) in [6, 6.07) is 2.02. The molecule has 1 unspecified atom stereocenters. The lowest BCUT2D eigenvalue weighted by Gasteiger charge is -2.30. The van der Waals surface area contributed by atoms with E-state index >= 15 is 0 Å². The first-order valence-electron chi connectivity index (χ1n) is 8.17. The second-order valence-corrected chi connectivity index (χ2v) is 6.38. The van der Waals surface area contributed by atoms with E-state index in [9.17, 15) is 0 Å². The van der Waals surface area contributed by atoms with Crippen LogP contribution >= 0.6 is 0 Å². The zero-order valence-corrected chi connectivity index (χ0v) is 13.1. The Bertz CT molecular complexity index is 465. The van der Waals surface area contributed by atoms with Gasteiger partial charge in [-0.3, -0.25) is 0 Å². The minimum absolute atomic E-state index is 0.333. The molecule has 5 nitrogen and oxygen atoms in total. The highest BCUT2D eigenvalue weighted by Crippen LogP contribution is 2.22. The first-order chi connectivity index (χ1) is 10.2. The molecule has 21 heavy (non-hydrogen) atoms. The van der Waals surface area contributed by atoms with Crippen molar-refractivity contribution in [2.75, 3.05) is 36.5 Å². The number of hydrogen-bond donors (Lipinski definition) is 1. The molecule has 1 N–H and O–H groups in total. The molecule has 3 heterocycles. The summed E-state index contributed by atoms with van der Waals surface area (Å²) in [4.78, 5) is 11.6. The number of ether oxygens (including phenoxy) is 1. The van der Waals surface area contributed by atoms with Gasteiger partial charge in [-0.15, -0.1) is 0 Å². The third kappa shape index (κ3) is 3.84. The Balaban J connectivity index is 1.64. The summed E-state index contributed by atoms with van der Waals surface area (Å²) in [7, 11) is 0. The van der Waals surface area contributed by atoms with Crippen LogP contribution in [0.3, 0.4) is 0 Å². The van der Waals surface area contributed by atoms with Crippen molar-refractivity contribution in [3.8, 4) is 0 Å². The van der Waals surface area contributed by atoms with Crippen molar-refractivity contribution in [2.45, 2.75) is 45.6 Å². The monoisotopic (exact) mass is 290 g/mol. The molecule has 2 aliphatic rings. The van der Waals surface area contributed by atoms with Crippen LogP contribution in [0.15, 0.2) is 6.07 Å². The van der Waals surface area contributed by atoms with Crippen LogP contribution in [0.1, 0.15) is 38.3 Å². The third-order valence-electron chi connectivity index (χ3n) is 4.44. The van der Waals surface area contributed by atoms with Crippen molar-refractivity contribution in [3.05, 3.63) is 11.8 Å². The summed E-state index contributed by atoms with van der Waals surface area (Å²) >= 11 is 0. The molecule has 2 fully saturated rings. The van der Waals surface area contributed by atoms with E-state index in [2.05, 4.69) is 22.1 Å². The molecule has 2 saturated heterocycles. The highest BCUT2D eigenvalue weighted by Gasteiger charge is 2.19. The van der Waals surface area contributed by atoms with Crippen molar-refractivity contribution >= 4 is 11.8 Å². The topological polar surface area (TPSA) is 50.3 Å². The van der Waals surface area contributed by atoms with Crippen molar-refractivity contribution < 1.29 is 4.74 Å². The number of aromatic nitrogens is 2. The SMILES string of the molecule is Cc1cc(NCC2CCCO2)nc(N2CCC(C)CC2)n1. The molecule has 0 bridgehead atoms. The first kappa shape index (κ1) is 14.6. The van der Waals surface area contributed by atoms with Crippen molar-refractivity contribution in [1.82, 2.24) is 9.97 Å². The van der Waals surface area contributed by atoms with Crippen LogP contribution in [0.5, 0.6) is 0 Å². The van der Waals surface area contributed by atoms with Gasteiger partial charge in [0.25, 0.3) is 0 Å². The van der Waals surface area contributed by atoms with Crippen molar-refractivity contribution in [1.29, 1.82) is 0 Å². The summed E-state index contributed by atoms with van der Waals surface area (Å²) in [6.07, 6.45) is 5.12. The maximum atomic E-state index is 5.65. The van der Waals surface area contributed by atoms with Gasteiger partial charge in [0.1, 0.15) is 5.82 Å². The summed E-state index contributed by atoms with van der Waals surface area (Å²) in [6.45, 7) is 8.23. The van der Waals surface area contributed by atoms with E-state index in [0.29, 0.717) is 6.10 Å². The van der Waals surface area contributed by atoms with Crippen LogP contribution in [0.25, 0.3) is 0 Å². The van der Waals surface area contributed by atoms with Gasteiger partial charge < -0.3 is 15.0 Å². The van der Waals surface area contributed by atoms with E-state index in [1.165, 1.54) is 19.3 Å². The number of rotatable bonds is 4. The highest BCUT2D eigenvalue weighted by atomic mass is 16.5. The quantitative estimate of drug-likeness (QED) is 0.923.